The van der Waals surface area contributed by atoms with E-state index in [-0.39, 0.29) is 5.11 Å². The van der Waals surface area contributed by atoms with Crippen LogP contribution in [0.5, 0.6) is 0 Å². The summed E-state index contributed by atoms with van der Waals surface area (Å²) in [5.41, 5.74) is 11.8. The van der Waals surface area contributed by atoms with Crippen LogP contribution in [0, 0.1) is 13.5 Å². The van der Waals surface area contributed by atoms with Crippen LogP contribution in [0.2, 0.25) is 0 Å². The van der Waals surface area contributed by atoms with Gasteiger partial charge in [0.25, 0.3) is 0 Å². The Labute approximate surface area is 213 Å². The normalized spacial score (nSPS) is 11.4. The number of hydrogen-bond acceptors (Lipinski definition) is 5. The number of fused-ring (bicyclic) bond motifs is 1. The van der Waals surface area contributed by atoms with Crippen molar-refractivity contribution in [3.63, 3.8) is 0 Å². The summed E-state index contributed by atoms with van der Waals surface area (Å²) in [7, 11) is 1.95. The number of thiocarbonyl (C=S) groups is 1. The molecule has 2 N–H and O–H groups in total. The van der Waals surface area contributed by atoms with Gasteiger partial charge in [-0.1, -0.05) is 13.8 Å². The molecule has 0 aliphatic carbocycles. The Morgan fingerprint density at radius 3 is 2.66 bits per heavy atom. The first kappa shape index (κ1) is 26.3. The minimum absolute atomic E-state index is 0.250. The standard InChI is InChI=1S/C26H34N8S/c1-6-33(7-2)11-8-12-34(26(27)35)30-16-21-15-24(25-17-29-18-32(25)5)31-23-13-19(3)20(9-10-28-4)14-22(21)23/h13-18H,6-12H2,1-3,5H3,(H2,27,35). The van der Waals surface area contributed by atoms with Crippen LogP contribution in [-0.2, 0) is 13.5 Å². The molecule has 2 aromatic heterocycles. The third-order valence-corrected chi connectivity index (χ3v) is 6.41. The number of aromatic nitrogens is 3. The molecule has 0 aliphatic heterocycles. The molecule has 8 nitrogen and oxygen atoms in total. The Hall–Kier alpha value is -3.35. The molecule has 0 unspecified atom stereocenters. The summed E-state index contributed by atoms with van der Waals surface area (Å²) in [6, 6.07) is 6.23. The van der Waals surface area contributed by atoms with Crippen molar-refractivity contribution in [2.24, 2.45) is 17.9 Å². The molecule has 0 saturated heterocycles. The fourth-order valence-electron chi connectivity index (χ4n) is 4.08. The molecule has 0 amide bonds. The Balaban J connectivity index is 2.01. The molecule has 0 bridgehead atoms. The number of hydrazone groups is 1. The van der Waals surface area contributed by atoms with Crippen LogP contribution in [0.4, 0.5) is 0 Å². The van der Waals surface area contributed by atoms with Crippen molar-refractivity contribution in [2.75, 3.05) is 32.7 Å². The van der Waals surface area contributed by atoms with E-state index in [2.05, 4.69) is 52.7 Å². The monoisotopic (exact) mass is 490 g/mol. The van der Waals surface area contributed by atoms with Gasteiger partial charge < -0.3 is 20.0 Å². The number of aryl methyl sites for hydroxylation is 2. The highest BCUT2D eigenvalue weighted by molar-refractivity contribution is 7.80. The topological polar surface area (TPSA) is 79.9 Å². The third-order valence-electron chi connectivity index (χ3n) is 6.20. The second-order valence-corrected chi connectivity index (χ2v) is 8.92. The van der Waals surface area contributed by atoms with E-state index in [0.29, 0.717) is 19.5 Å². The Bertz CT molecular complexity index is 1240. The number of pyridine rings is 1. The lowest BCUT2D eigenvalue weighted by Crippen LogP contribution is -2.34. The average molecular weight is 491 g/mol. The molecule has 3 aromatic rings. The molecule has 0 spiro atoms. The summed E-state index contributed by atoms with van der Waals surface area (Å²) in [6.45, 7) is 17.7. The van der Waals surface area contributed by atoms with Crippen LogP contribution >= 0.6 is 12.2 Å². The van der Waals surface area contributed by atoms with Gasteiger partial charge in [0.05, 0.1) is 35.6 Å². The summed E-state index contributed by atoms with van der Waals surface area (Å²) in [5, 5.41) is 7.59. The molecule has 0 atom stereocenters. The van der Waals surface area contributed by atoms with E-state index in [0.717, 1.165) is 65.0 Å². The van der Waals surface area contributed by atoms with Crippen molar-refractivity contribution < 1.29 is 0 Å². The number of nitrogens with zero attached hydrogens (tertiary/aromatic N) is 7. The molecule has 0 radical (unpaired) electrons. The van der Waals surface area contributed by atoms with Gasteiger partial charge in [0, 0.05) is 31.0 Å². The van der Waals surface area contributed by atoms with Gasteiger partial charge in [-0.05, 0) is 74.5 Å². The second kappa shape index (κ2) is 12.4. The van der Waals surface area contributed by atoms with Crippen molar-refractivity contribution in [2.45, 2.75) is 33.6 Å². The SMILES string of the molecule is [C-]#[N+]CCc1cc2c(C=NN(CCCN(CC)CC)C(N)=S)cc(-c3cncn3C)nc2cc1C. The molecule has 3 rings (SSSR count). The van der Waals surface area contributed by atoms with Gasteiger partial charge in [-0.15, -0.1) is 0 Å². The number of imidazole rings is 1. The van der Waals surface area contributed by atoms with Gasteiger partial charge in [-0.25, -0.2) is 21.5 Å². The van der Waals surface area contributed by atoms with Crippen LogP contribution in [0.25, 0.3) is 27.1 Å². The second-order valence-electron chi connectivity index (χ2n) is 8.50. The predicted octanol–water partition coefficient (Wildman–Crippen LogP) is 4.02. The molecule has 184 valence electrons. The van der Waals surface area contributed by atoms with Gasteiger partial charge in [-0.2, -0.15) is 5.10 Å². The molecule has 0 saturated carbocycles. The Kier molecular flexibility index (Phi) is 9.29. The quantitative estimate of drug-likeness (QED) is 0.189. The maximum Gasteiger partial charge on any atom is 0.218 e. The highest BCUT2D eigenvalue weighted by atomic mass is 32.1. The minimum atomic E-state index is 0.250. The van der Waals surface area contributed by atoms with Crippen molar-refractivity contribution in [1.29, 1.82) is 0 Å². The van der Waals surface area contributed by atoms with E-state index >= 15 is 0 Å². The van der Waals surface area contributed by atoms with Gasteiger partial charge in [0.2, 0.25) is 6.54 Å². The largest absolute Gasteiger partial charge is 0.375 e. The zero-order chi connectivity index (χ0) is 25.4. The van der Waals surface area contributed by atoms with Gasteiger partial charge in [-0.3, -0.25) is 0 Å². The summed E-state index contributed by atoms with van der Waals surface area (Å²) < 4.78 is 1.95. The summed E-state index contributed by atoms with van der Waals surface area (Å²) in [5.74, 6) is 0. The zero-order valence-electron chi connectivity index (χ0n) is 21.0. The van der Waals surface area contributed by atoms with Crippen molar-refractivity contribution in [3.05, 3.63) is 58.8 Å². The third kappa shape index (κ3) is 6.62. The maximum absolute atomic E-state index is 7.17. The van der Waals surface area contributed by atoms with E-state index < -0.39 is 0 Å². The molecular weight excluding hydrogens is 456 g/mol. The van der Waals surface area contributed by atoms with E-state index in [4.69, 9.17) is 29.5 Å². The lowest BCUT2D eigenvalue weighted by atomic mass is 9.99. The van der Waals surface area contributed by atoms with Crippen molar-refractivity contribution in [3.8, 4) is 11.4 Å². The first-order valence-electron chi connectivity index (χ1n) is 11.9. The van der Waals surface area contributed by atoms with Gasteiger partial charge in [0.1, 0.15) is 0 Å². The van der Waals surface area contributed by atoms with Crippen molar-refractivity contribution >= 4 is 34.4 Å². The molecule has 9 heteroatoms. The Morgan fingerprint density at radius 1 is 1.26 bits per heavy atom. The van der Waals surface area contributed by atoms with E-state index in [1.807, 2.05) is 23.9 Å². The summed E-state index contributed by atoms with van der Waals surface area (Å²) >= 11 is 5.28. The minimum Gasteiger partial charge on any atom is -0.375 e. The molecule has 35 heavy (non-hydrogen) atoms. The highest BCUT2D eigenvalue weighted by Crippen LogP contribution is 2.26. The van der Waals surface area contributed by atoms with E-state index in [1.54, 1.807) is 17.5 Å². The number of nitrogens with two attached hydrogens (primary N) is 1. The van der Waals surface area contributed by atoms with Gasteiger partial charge in [0.15, 0.2) is 5.11 Å². The Morgan fingerprint density at radius 2 is 2.03 bits per heavy atom. The first-order chi connectivity index (χ1) is 16.9. The maximum atomic E-state index is 7.17. The van der Waals surface area contributed by atoms with E-state index in [1.165, 1.54) is 0 Å². The number of rotatable bonds is 11. The van der Waals surface area contributed by atoms with Crippen LogP contribution in [0.1, 0.15) is 37.0 Å². The van der Waals surface area contributed by atoms with Gasteiger partial charge >= 0.3 is 0 Å². The molecule has 2 heterocycles. The molecule has 1 aromatic carbocycles. The molecule has 0 aliphatic rings. The zero-order valence-corrected chi connectivity index (χ0v) is 21.8. The molecular formula is C26H34N8S. The highest BCUT2D eigenvalue weighted by Gasteiger charge is 2.13. The van der Waals surface area contributed by atoms with Crippen LogP contribution in [-0.4, -0.2) is 68.5 Å². The number of hydrogen-bond donors (Lipinski definition) is 1. The predicted molar refractivity (Wildman–Crippen MR) is 147 cm³/mol. The smallest absolute Gasteiger partial charge is 0.218 e. The average Bonchev–Trinajstić information content (AvgIpc) is 3.27. The molecule has 0 fully saturated rings. The van der Waals surface area contributed by atoms with Crippen molar-refractivity contribution in [1.82, 2.24) is 24.4 Å². The fraction of sp³-hybridized carbons (Fsp3) is 0.423. The summed E-state index contributed by atoms with van der Waals surface area (Å²) in [6.07, 6.45) is 7.00. The fourth-order valence-corrected chi connectivity index (χ4v) is 4.22. The number of benzene rings is 1. The lowest BCUT2D eigenvalue weighted by Gasteiger charge is -2.21. The summed E-state index contributed by atoms with van der Waals surface area (Å²) in [4.78, 5) is 15.1. The van der Waals surface area contributed by atoms with Crippen LogP contribution < -0.4 is 5.73 Å². The van der Waals surface area contributed by atoms with E-state index in [9.17, 15) is 0 Å². The lowest BCUT2D eigenvalue weighted by molar-refractivity contribution is 0.284. The van der Waals surface area contributed by atoms with Crippen LogP contribution in [0.3, 0.4) is 0 Å². The first-order valence-corrected chi connectivity index (χ1v) is 12.4. The van der Waals surface area contributed by atoms with Crippen LogP contribution in [0.15, 0.2) is 35.8 Å².